The van der Waals surface area contributed by atoms with Crippen LogP contribution in [-0.2, 0) is 6.67 Å². The third-order valence-electron chi connectivity index (χ3n) is 4.20. The average molecular weight is 320 g/mol. The summed E-state index contributed by atoms with van der Waals surface area (Å²) >= 11 is 5.53. The van der Waals surface area contributed by atoms with Crippen molar-refractivity contribution in [3.63, 3.8) is 0 Å². The van der Waals surface area contributed by atoms with Crippen LogP contribution in [-0.4, -0.2) is 44.1 Å². The van der Waals surface area contributed by atoms with Gasteiger partial charge in [-0.15, -0.1) is 0 Å². The predicted molar refractivity (Wildman–Crippen MR) is 85.6 cm³/mol. The molecule has 1 unspecified atom stereocenters. The van der Waals surface area contributed by atoms with Crippen LogP contribution in [0.1, 0.15) is 24.0 Å². The number of aliphatic hydroxyl groups excluding tert-OH is 1. The molecule has 1 aliphatic heterocycles. The van der Waals surface area contributed by atoms with Crippen molar-refractivity contribution in [3.05, 3.63) is 34.1 Å². The lowest BCUT2D eigenvalue weighted by Crippen LogP contribution is -3.13. The second-order valence-corrected chi connectivity index (χ2v) is 6.49. The van der Waals surface area contributed by atoms with Crippen molar-refractivity contribution in [1.82, 2.24) is 19.8 Å². The van der Waals surface area contributed by atoms with Crippen LogP contribution in [0.25, 0.3) is 5.69 Å². The Labute approximate surface area is 135 Å². The molecule has 0 spiro atoms. The molecule has 2 aromatic rings. The number of hydrogen-bond acceptors (Lipinski definition) is 4. The molecule has 1 fully saturated rings. The van der Waals surface area contributed by atoms with Gasteiger partial charge in [-0.05, 0) is 66.5 Å². The van der Waals surface area contributed by atoms with E-state index in [2.05, 4.69) is 35.5 Å². The quantitative estimate of drug-likeness (QED) is 0.805. The summed E-state index contributed by atoms with van der Waals surface area (Å²) in [6.45, 7) is 6.53. The third kappa shape index (κ3) is 3.11. The largest absolute Gasteiger partial charge is 0.387 e. The third-order valence-corrected chi connectivity index (χ3v) is 4.58. The summed E-state index contributed by atoms with van der Waals surface area (Å²) in [5, 5.41) is 18.2. The summed E-state index contributed by atoms with van der Waals surface area (Å²) in [4.78, 5) is 1.29. The summed E-state index contributed by atoms with van der Waals surface area (Å²) in [7, 11) is 0. The van der Waals surface area contributed by atoms with E-state index in [4.69, 9.17) is 12.2 Å². The van der Waals surface area contributed by atoms with Crippen LogP contribution < -0.4 is 4.90 Å². The molecule has 6 nitrogen and oxygen atoms in total. The molecule has 1 aliphatic rings. The summed E-state index contributed by atoms with van der Waals surface area (Å²) in [5.41, 5.74) is 3.27. The number of nitrogens with zero attached hydrogens (tertiary/aromatic N) is 4. The highest BCUT2D eigenvalue weighted by atomic mass is 32.1. The highest BCUT2D eigenvalue weighted by Crippen LogP contribution is 2.15. The first kappa shape index (κ1) is 15.3. The number of tetrazole rings is 1. The summed E-state index contributed by atoms with van der Waals surface area (Å²) in [6.07, 6.45) is 1.71. The van der Waals surface area contributed by atoms with E-state index in [0.717, 1.165) is 37.2 Å². The topological polar surface area (TPSA) is 60.3 Å². The summed E-state index contributed by atoms with van der Waals surface area (Å²) in [6, 6.07) is 6.21. The fourth-order valence-corrected chi connectivity index (χ4v) is 3.19. The zero-order chi connectivity index (χ0) is 15.7. The van der Waals surface area contributed by atoms with Gasteiger partial charge in [0.15, 0.2) is 6.67 Å². The van der Waals surface area contributed by atoms with Crippen LogP contribution >= 0.6 is 12.2 Å². The summed E-state index contributed by atoms with van der Waals surface area (Å²) in [5.74, 6) is 0. The zero-order valence-electron chi connectivity index (χ0n) is 13.0. The molecule has 1 saturated heterocycles. The van der Waals surface area contributed by atoms with Crippen LogP contribution in [0.5, 0.6) is 0 Å². The van der Waals surface area contributed by atoms with Crippen LogP contribution in [0, 0.1) is 18.6 Å². The van der Waals surface area contributed by atoms with Gasteiger partial charge in [0, 0.05) is 0 Å². The molecule has 118 valence electrons. The lowest BCUT2D eigenvalue weighted by atomic mass is 10.1. The van der Waals surface area contributed by atoms with Gasteiger partial charge in [-0.2, -0.15) is 9.36 Å². The van der Waals surface area contributed by atoms with Crippen molar-refractivity contribution >= 4 is 12.2 Å². The number of likely N-dealkylation sites (tertiary alicyclic amines) is 1. The lowest BCUT2D eigenvalue weighted by molar-refractivity contribution is -0.931. The second kappa shape index (κ2) is 6.28. The fourth-order valence-electron chi connectivity index (χ4n) is 2.95. The van der Waals surface area contributed by atoms with Crippen molar-refractivity contribution < 1.29 is 10.0 Å². The molecule has 7 heteroatoms. The molecule has 0 radical (unpaired) electrons. The number of benzene rings is 1. The maximum Gasteiger partial charge on any atom is 0.225 e. The van der Waals surface area contributed by atoms with Crippen molar-refractivity contribution in [2.75, 3.05) is 13.1 Å². The zero-order valence-corrected chi connectivity index (χ0v) is 13.8. The molecular weight excluding hydrogens is 298 g/mol. The van der Waals surface area contributed by atoms with Crippen molar-refractivity contribution in [1.29, 1.82) is 0 Å². The molecule has 0 bridgehead atoms. The SMILES string of the molecule is Cc1ccc(C)c(-n2nnn(C[NH+]3CCC[C@H](O)C3)c2=S)c1. The summed E-state index contributed by atoms with van der Waals surface area (Å²) < 4.78 is 4.07. The van der Waals surface area contributed by atoms with E-state index < -0.39 is 0 Å². The first-order valence-electron chi connectivity index (χ1n) is 7.66. The van der Waals surface area contributed by atoms with E-state index in [1.807, 2.05) is 6.92 Å². The van der Waals surface area contributed by atoms with E-state index in [1.165, 1.54) is 10.5 Å². The van der Waals surface area contributed by atoms with E-state index >= 15 is 0 Å². The van der Waals surface area contributed by atoms with Crippen LogP contribution in [0.3, 0.4) is 0 Å². The van der Waals surface area contributed by atoms with Gasteiger partial charge in [-0.3, -0.25) is 0 Å². The minimum absolute atomic E-state index is 0.216. The molecule has 0 aliphatic carbocycles. The van der Waals surface area contributed by atoms with Gasteiger partial charge < -0.3 is 10.0 Å². The highest BCUT2D eigenvalue weighted by Gasteiger charge is 2.22. The first-order valence-corrected chi connectivity index (χ1v) is 8.07. The minimum Gasteiger partial charge on any atom is -0.387 e. The van der Waals surface area contributed by atoms with E-state index in [9.17, 15) is 5.11 Å². The van der Waals surface area contributed by atoms with Gasteiger partial charge in [0.25, 0.3) is 0 Å². The van der Waals surface area contributed by atoms with Crippen LogP contribution in [0.2, 0.25) is 0 Å². The van der Waals surface area contributed by atoms with Gasteiger partial charge in [0.05, 0.1) is 12.2 Å². The Bertz CT molecular complexity index is 723. The molecule has 0 saturated carbocycles. The van der Waals surface area contributed by atoms with E-state index in [0.29, 0.717) is 11.4 Å². The molecule has 2 N–H and O–H groups in total. The monoisotopic (exact) mass is 320 g/mol. The molecular formula is C15H22N5OS+. The Hall–Kier alpha value is -1.57. The normalized spacial score (nSPS) is 22.0. The number of quaternary nitrogens is 1. The predicted octanol–water partition coefficient (Wildman–Crippen LogP) is 0.412. The van der Waals surface area contributed by atoms with Gasteiger partial charge in [0.2, 0.25) is 4.77 Å². The average Bonchev–Trinajstić information content (AvgIpc) is 2.83. The molecule has 1 aromatic carbocycles. The maximum absolute atomic E-state index is 9.78. The number of aliphatic hydroxyl groups is 1. The molecule has 0 amide bonds. The fraction of sp³-hybridized carbons (Fsp3) is 0.533. The van der Waals surface area contributed by atoms with Crippen molar-refractivity contribution in [3.8, 4) is 5.69 Å². The number of piperidine rings is 1. The van der Waals surface area contributed by atoms with E-state index in [-0.39, 0.29) is 6.10 Å². The van der Waals surface area contributed by atoms with Gasteiger partial charge in [0.1, 0.15) is 12.6 Å². The van der Waals surface area contributed by atoms with Crippen LogP contribution in [0.15, 0.2) is 18.2 Å². The van der Waals surface area contributed by atoms with E-state index in [1.54, 1.807) is 9.36 Å². The number of aromatic nitrogens is 4. The Morgan fingerprint density at radius 1 is 1.36 bits per heavy atom. The first-order chi connectivity index (χ1) is 10.5. The Kier molecular flexibility index (Phi) is 4.37. The second-order valence-electron chi connectivity index (χ2n) is 6.12. The van der Waals surface area contributed by atoms with Gasteiger partial charge in [-0.1, -0.05) is 12.1 Å². The van der Waals surface area contributed by atoms with Crippen molar-refractivity contribution in [2.24, 2.45) is 0 Å². The Morgan fingerprint density at radius 2 is 2.18 bits per heavy atom. The Morgan fingerprint density at radius 3 is 2.95 bits per heavy atom. The minimum atomic E-state index is -0.216. The number of aryl methyl sites for hydroxylation is 2. The molecule has 3 rings (SSSR count). The smallest absolute Gasteiger partial charge is 0.225 e. The number of hydrogen-bond donors (Lipinski definition) is 2. The molecule has 1 aromatic heterocycles. The number of nitrogens with one attached hydrogen (secondary N) is 1. The molecule has 22 heavy (non-hydrogen) atoms. The maximum atomic E-state index is 9.78. The molecule has 2 atom stereocenters. The number of rotatable bonds is 3. The van der Waals surface area contributed by atoms with Gasteiger partial charge in [-0.25, -0.2) is 0 Å². The lowest BCUT2D eigenvalue weighted by Gasteiger charge is -2.26. The van der Waals surface area contributed by atoms with Crippen LogP contribution in [0.4, 0.5) is 0 Å². The highest BCUT2D eigenvalue weighted by molar-refractivity contribution is 7.71. The molecule has 2 heterocycles. The van der Waals surface area contributed by atoms with Gasteiger partial charge >= 0.3 is 0 Å². The standard InChI is InChI=1S/C15H21N5OS/c1-11-5-6-12(2)14(8-11)20-15(22)19(16-17-20)10-18-7-3-4-13(21)9-18/h5-6,8,13,21H,3-4,7,9-10H2,1-2H3/p+1/t13-/m0/s1. The Balaban J connectivity index is 1.86. The van der Waals surface area contributed by atoms with Crippen molar-refractivity contribution in [2.45, 2.75) is 39.5 Å².